The fourth-order valence-electron chi connectivity index (χ4n) is 3.04. The summed E-state index contributed by atoms with van der Waals surface area (Å²) in [6.07, 6.45) is 6.44. The van der Waals surface area contributed by atoms with Crippen LogP contribution in [0, 0.1) is 5.92 Å². The van der Waals surface area contributed by atoms with Crippen molar-refractivity contribution in [2.75, 3.05) is 43.1 Å². The van der Waals surface area contributed by atoms with Gasteiger partial charge >= 0.3 is 5.97 Å². The molecular weight excluding hydrogens is 320 g/mol. The number of allylic oxidation sites excluding steroid dienone is 2. The lowest BCUT2D eigenvalue weighted by Crippen LogP contribution is -2.36. The van der Waals surface area contributed by atoms with Crippen LogP contribution >= 0.6 is 0 Å². The molecule has 25 heavy (non-hydrogen) atoms. The highest BCUT2D eigenvalue weighted by Gasteiger charge is 2.21. The Morgan fingerprint density at radius 3 is 2.60 bits per heavy atom. The molecule has 0 spiro atoms. The lowest BCUT2D eigenvalue weighted by molar-refractivity contribution is -0.151. The number of ether oxygens (including phenoxy) is 2. The van der Waals surface area contributed by atoms with Crippen molar-refractivity contribution >= 4 is 23.3 Å². The van der Waals surface area contributed by atoms with Crippen LogP contribution in [0.15, 0.2) is 36.4 Å². The first-order valence-electron chi connectivity index (χ1n) is 8.76. The fraction of sp³-hybridized carbons (Fsp3) is 0.474. The minimum atomic E-state index is -0.321. The van der Waals surface area contributed by atoms with E-state index in [9.17, 15) is 9.59 Å². The average molecular weight is 344 g/mol. The van der Waals surface area contributed by atoms with Crippen LogP contribution in [0.2, 0.25) is 0 Å². The third-order valence-corrected chi connectivity index (χ3v) is 4.48. The largest absolute Gasteiger partial charge is 0.455 e. The van der Waals surface area contributed by atoms with E-state index in [1.54, 1.807) is 0 Å². The van der Waals surface area contributed by atoms with Gasteiger partial charge in [-0.2, -0.15) is 0 Å². The Kier molecular flexibility index (Phi) is 6.06. The quantitative estimate of drug-likeness (QED) is 0.656. The molecule has 3 rings (SSSR count). The number of amides is 1. The number of carbonyl (C=O) groups excluding carboxylic acids is 2. The van der Waals surface area contributed by atoms with Crippen LogP contribution in [0.3, 0.4) is 0 Å². The summed E-state index contributed by atoms with van der Waals surface area (Å²) in [6.45, 7) is 2.97. The van der Waals surface area contributed by atoms with Crippen LogP contribution in [-0.4, -0.2) is 44.8 Å². The van der Waals surface area contributed by atoms with Gasteiger partial charge in [0.05, 0.1) is 19.1 Å². The molecule has 1 saturated heterocycles. The zero-order valence-corrected chi connectivity index (χ0v) is 14.3. The molecular formula is C19H24N2O4. The molecule has 0 unspecified atom stereocenters. The topological polar surface area (TPSA) is 67.9 Å². The van der Waals surface area contributed by atoms with E-state index in [1.165, 1.54) is 0 Å². The molecule has 1 aliphatic heterocycles. The van der Waals surface area contributed by atoms with Gasteiger partial charge in [-0.15, -0.1) is 0 Å². The highest BCUT2D eigenvalue weighted by molar-refractivity contribution is 5.93. The Labute approximate surface area is 147 Å². The van der Waals surface area contributed by atoms with E-state index in [1.807, 2.05) is 30.3 Å². The first-order chi connectivity index (χ1) is 12.2. The summed E-state index contributed by atoms with van der Waals surface area (Å²) in [7, 11) is 0. The van der Waals surface area contributed by atoms with Crippen molar-refractivity contribution in [1.82, 2.24) is 0 Å². The van der Waals surface area contributed by atoms with Crippen LogP contribution in [-0.2, 0) is 19.1 Å². The molecule has 6 nitrogen and oxygen atoms in total. The molecule has 0 bridgehead atoms. The number of hydrogen-bond donors (Lipinski definition) is 1. The van der Waals surface area contributed by atoms with E-state index in [4.69, 9.17) is 9.47 Å². The van der Waals surface area contributed by atoms with E-state index in [2.05, 4.69) is 16.3 Å². The Balaban J connectivity index is 1.44. The second kappa shape index (κ2) is 8.67. The maximum Gasteiger partial charge on any atom is 0.309 e. The van der Waals surface area contributed by atoms with E-state index in [0.717, 1.165) is 44.8 Å². The number of hydrogen-bond acceptors (Lipinski definition) is 5. The molecule has 1 fully saturated rings. The molecule has 1 amide bonds. The average Bonchev–Trinajstić information content (AvgIpc) is 2.68. The minimum Gasteiger partial charge on any atom is -0.455 e. The lowest BCUT2D eigenvalue weighted by atomic mass is 9.95. The molecule has 2 aliphatic rings. The summed E-state index contributed by atoms with van der Waals surface area (Å²) in [5, 5.41) is 2.76. The normalized spacial score (nSPS) is 20.2. The molecule has 1 N–H and O–H groups in total. The molecule has 1 aromatic rings. The molecule has 1 atom stereocenters. The van der Waals surface area contributed by atoms with Crippen molar-refractivity contribution in [3.05, 3.63) is 36.4 Å². The van der Waals surface area contributed by atoms with Crippen LogP contribution in [0.1, 0.15) is 19.3 Å². The summed E-state index contributed by atoms with van der Waals surface area (Å²) in [5.74, 6) is -0.730. The number of nitrogens with zero attached hydrogens (tertiary/aromatic N) is 1. The van der Waals surface area contributed by atoms with Crippen molar-refractivity contribution in [2.45, 2.75) is 19.3 Å². The number of anilines is 2. The third-order valence-electron chi connectivity index (χ3n) is 4.48. The van der Waals surface area contributed by atoms with Gasteiger partial charge in [-0.25, -0.2) is 0 Å². The SMILES string of the molecule is O=C(COC(=O)[C@H]1CC=CCC1)Nc1ccc(N2CCOCC2)cc1. The van der Waals surface area contributed by atoms with Gasteiger partial charge in [0.1, 0.15) is 0 Å². The standard InChI is InChI=1S/C19H24N2O4/c22-18(14-25-19(23)15-4-2-1-3-5-15)20-16-6-8-17(9-7-16)21-10-12-24-13-11-21/h1-2,6-9,15H,3-5,10-14H2,(H,20,22)/t15-/m0/s1. The van der Waals surface area contributed by atoms with Crippen LogP contribution in [0.4, 0.5) is 11.4 Å². The molecule has 134 valence electrons. The predicted octanol–water partition coefficient (Wildman–Crippen LogP) is 2.36. The number of rotatable bonds is 5. The number of nitrogens with one attached hydrogen (secondary N) is 1. The van der Waals surface area contributed by atoms with Crippen molar-refractivity contribution in [3.8, 4) is 0 Å². The van der Waals surface area contributed by atoms with Gasteiger partial charge in [-0.3, -0.25) is 9.59 Å². The van der Waals surface area contributed by atoms with Crippen LogP contribution in [0.5, 0.6) is 0 Å². The molecule has 0 radical (unpaired) electrons. The zero-order valence-electron chi connectivity index (χ0n) is 14.3. The van der Waals surface area contributed by atoms with Crippen molar-refractivity contribution in [1.29, 1.82) is 0 Å². The maximum atomic E-state index is 12.0. The van der Waals surface area contributed by atoms with Gasteiger partial charge in [-0.1, -0.05) is 12.2 Å². The number of morpholine rings is 1. The molecule has 0 aromatic heterocycles. The van der Waals surface area contributed by atoms with Gasteiger partial charge < -0.3 is 19.7 Å². The highest BCUT2D eigenvalue weighted by atomic mass is 16.5. The third kappa shape index (κ3) is 5.06. The molecule has 1 heterocycles. The van der Waals surface area contributed by atoms with Crippen molar-refractivity contribution < 1.29 is 19.1 Å². The van der Waals surface area contributed by atoms with Crippen molar-refractivity contribution in [2.24, 2.45) is 5.92 Å². The second-order valence-electron chi connectivity index (χ2n) is 6.28. The number of carbonyl (C=O) groups is 2. The molecule has 1 aliphatic carbocycles. The molecule has 0 saturated carbocycles. The number of benzene rings is 1. The van der Waals surface area contributed by atoms with Crippen LogP contribution in [0.25, 0.3) is 0 Å². The first kappa shape index (κ1) is 17.5. The van der Waals surface area contributed by atoms with Gasteiger partial charge in [0.25, 0.3) is 5.91 Å². The van der Waals surface area contributed by atoms with Gasteiger partial charge in [0.15, 0.2) is 6.61 Å². The lowest BCUT2D eigenvalue weighted by Gasteiger charge is -2.28. The first-order valence-corrected chi connectivity index (χ1v) is 8.76. The van der Waals surface area contributed by atoms with Gasteiger partial charge in [0.2, 0.25) is 0 Å². The molecule has 1 aromatic carbocycles. The highest BCUT2D eigenvalue weighted by Crippen LogP contribution is 2.20. The summed E-state index contributed by atoms with van der Waals surface area (Å²) < 4.78 is 10.5. The Morgan fingerprint density at radius 2 is 1.92 bits per heavy atom. The van der Waals surface area contributed by atoms with Crippen LogP contribution < -0.4 is 10.2 Å². The van der Waals surface area contributed by atoms with E-state index < -0.39 is 0 Å². The van der Waals surface area contributed by atoms with E-state index in [0.29, 0.717) is 12.1 Å². The summed E-state index contributed by atoms with van der Waals surface area (Å²) in [4.78, 5) is 26.1. The minimum absolute atomic E-state index is 0.120. The summed E-state index contributed by atoms with van der Waals surface area (Å²) in [6, 6.07) is 7.66. The summed E-state index contributed by atoms with van der Waals surface area (Å²) >= 11 is 0. The monoisotopic (exact) mass is 344 g/mol. The van der Waals surface area contributed by atoms with Crippen molar-refractivity contribution in [3.63, 3.8) is 0 Å². The van der Waals surface area contributed by atoms with Gasteiger partial charge in [0, 0.05) is 24.5 Å². The Morgan fingerprint density at radius 1 is 1.16 bits per heavy atom. The molecule has 6 heteroatoms. The Hall–Kier alpha value is -2.34. The second-order valence-corrected chi connectivity index (χ2v) is 6.28. The van der Waals surface area contributed by atoms with E-state index in [-0.39, 0.29) is 24.4 Å². The Bertz CT molecular complexity index is 621. The van der Waals surface area contributed by atoms with E-state index >= 15 is 0 Å². The predicted molar refractivity (Wildman–Crippen MR) is 95.5 cm³/mol. The summed E-state index contributed by atoms with van der Waals surface area (Å²) in [5.41, 5.74) is 1.80. The fourth-order valence-corrected chi connectivity index (χ4v) is 3.04. The smallest absolute Gasteiger partial charge is 0.309 e. The maximum absolute atomic E-state index is 12.0. The number of esters is 1. The van der Waals surface area contributed by atoms with Gasteiger partial charge in [-0.05, 0) is 43.5 Å². The zero-order chi connectivity index (χ0) is 17.5.